The molecule has 50 heavy (non-hydrogen) atoms. The third-order valence-electron chi connectivity index (χ3n) is 10.5. The second-order valence-corrected chi connectivity index (χ2v) is 22.5. The predicted octanol–water partition coefficient (Wildman–Crippen LogP) is 12.2. The maximum Gasteiger partial charge on any atom is 0.164 e. The van der Waals surface area contributed by atoms with E-state index in [4.69, 9.17) is 4.98 Å². The number of benzene rings is 3. The number of aromatic nitrogens is 2. The monoisotopic (exact) mass is 886 g/mol. The Balaban J connectivity index is 0.000000323. The van der Waals surface area contributed by atoms with Crippen molar-refractivity contribution in [1.29, 1.82) is 0 Å². The van der Waals surface area contributed by atoms with Crippen molar-refractivity contribution in [3.05, 3.63) is 78.3 Å². The molecule has 7 heteroatoms. The average Bonchev–Trinajstić information content (AvgIpc) is 3.44. The molecule has 0 bridgehead atoms. The molecule has 5 rings (SSSR count). The van der Waals surface area contributed by atoms with Gasteiger partial charge in [-0.1, -0.05) is 123 Å². The van der Waals surface area contributed by atoms with Gasteiger partial charge in [0, 0.05) is 57.5 Å². The Bertz CT molecular complexity index is 1970. The van der Waals surface area contributed by atoms with Crippen LogP contribution in [0.4, 0.5) is 0 Å². The number of allylic oxidation sites excluding steroid dienone is 2. The predicted molar refractivity (Wildman–Crippen MR) is 216 cm³/mol. The molecule has 3 aromatic carbocycles. The first-order valence-electron chi connectivity index (χ1n) is 18.0. The van der Waals surface area contributed by atoms with Crippen LogP contribution in [0.3, 0.4) is 0 Å². The average molecular weight is 886 g/mol. The molecule has 0 unspecified atom stereocenters. The van der Waals surface area contributed by atoms with E-state index < -0.39 is 8.07 Å². The minimum atomic E-state index is -1.55. The molecule has 0 saturated heterocycles. The topological polar surface area (TPSA) is 63.1 Å². The SMILES string of the molecule is CC(C)(C)Cc1ccc2c(c1)sc1c(-c3[c-]c4ccccc4c([Si](C)(C)C)c3)ncnc12.CCC(C)(CC)C(=O)/C=C(\O)C(C)(CC)CC.[Ir]. The zero-order chi connectivity index (χ0) is 36.4. The van der Waals surface area contributed by atoms with Crippen molar-refractivity contribution in [2.75, 3.05) is 0 Å². The first-order chi connectivity index (χ1) is 22.9. The van der Waals surface area contributed by atoms with E-state index in [-0.39, 0.29) is 47.9 Å². The van der Waals surface area contributed by atoms with Gasteiger partial charge < -0.3 is 5.11 Å². The largest absolute Gasteiger partial charge is 0.512 e. The summed E-state index contributed by atoms with van der Waals surface area (Å²) in [4.78, 5) is 21.6. The number of nitrogens with zero attached hydrogens (tertiary/aromatic N) is 2. The summed E-state index contributed by atoms with van der Waals surface area (Å²) in [6.45, 7) is 26.2. The third-order valence-corrected chi connectivity index (χ3v) is 13.7. The summed E-state index contributed by atoms with van der Waals surface area (Å²) in [5.74, 6) is 0.286. The molecule has 0 amide bonds. The first-order valence-corrected chi connectivity index (χ1v) is 22.3. The zero-order valence-electron chi connectivity index (χ0n) is 32.3. The smallest absolute Gasteiger partial charge is 0.164 e. The van der Waals surface area contributed by atoms with E-state index in [1.165, 1.54) is 37.7 Å². The van der Waals surface area contributed by atoms with Gasteiger partial charge in [0.2, 0.25) is 0 Å². The Labute approximate surface area is 319 Å². The molecule has 5 aromatic rings. The molecule has 0 atom stereocenters. The van der Waals surface area contributed by atoms with Crippen LogP contribution < -0.4 is 5.19 Å². The van der Waals surface area contributed by atoms with Crippen LogP contribution in [-0.4, -0.2) is 28.9 Å². The summed E-state index contributed by atoms with van der Waals surface area (Å²) >= 11 is 1.81. The minimum absolute atomic E-state index is 0. The first kappa shape index (κ1) is 41.7. The van der Waals surface area contributed by atoms with Crippen molar-refractivity contribution in [1.82, 2.24) is 9.97 Å². The molecule has 1 radical (unpaired) electrons. The summed E-state index contributed by atoms with van der Waals surface area (Å²) in [6, 6.07) is 21.5. The molecular formula is C43H57IrN2O2SSi-. The van der Waals surface area contributed by atoms with Crippen LogP contribution in [0.2, 0.25) is 19.6 Å². The van der Waals surface area contributed by atoms with Crippen LogP contribution in [0.1, 0.15) is 93.6 Å². The van der Waals surface area contributed by atoms with Crippen molar-refractivity contribution >= 4 is 61.5 Å². The number of hydrogen-bond donors (Lipinski definition) is 1. The Morgan fingerprint density at radius 3 is 2.06 bits per heavy atom. The molecule has 0 aliphatic heterocycles. The van der Waals surface area contributed by atoms with E-state index >= 15 is 0 Å². The Morgan fingerprint density at radius 2 is 1.48 bits per heavy atom. The van der Waals surface area contributed by atoms with Gasteiger partial charge in [0.05, 0.1) is 13.6 Å². The van der Waals surface area contributed by atoms with Crippen molar-refractivity contribution in [2.24, 2.45) is 16.2 Å². The number of rotatable bonds is 10. The maximum absolute atomic E-state index is 12.2. The molecule has 0 saturated carbocycles. The van der Waals surface area contributed by atoms with Crippen molar-refractivity contribution in [3.63, 3.8) is 0 Å². The van der Waals surface area contributed by atoms with Crippen LogP contribution in [0.15, 0.2) is 66.7 Å². The minimum Gasteiger partial charge on any atom is -0.512 e. The molecule has 0 fully saturated rings. The Morgan fingerprint density at radius 1 is 0.860 bits per heavy atom. The van der Waals surface area contributed by atoms with E-state index in [1.807, 2.05) is 52.9 Å². The van der Waals surface area contributed by atoms with Crippen LogP contribution in [-0.2, 0) is 31.3 Å². The van der Waals surface area contributed by atoms with Gasteiger partial charge in [0.25, 0.3) is 0 Å². The summed E-state index contributed by atoms with van der Waals surface area (Å²) in [5.41, 5.74) is 4.17. The molecule has 0 spiro atoms. The molecular weight excluding hydrogens is 829 g/mol. The van der Waals surface area contributed by atoms with Gasteiger partial charge in [-0.15, -0.1) is 40.1 Å². The standard InChI is InChI=1S/C28H29N2SSi.C15H28O2.Ir/c1-28(2,3)16-18-11-12-22-23(13-18)31-27-25(29-17-30-26(22)27)20-14-19-9-7-8-10-21(19)24(15-20)32(4,5)6;1-7-14(5,8-2)12(16)11-13(17)15(6,9-3)10-4;/h7-13,15,17H,16H2,1-6H3;11,16H,7-10H2,1-6H3;/q-1;;/b;12-11-;. The molecule has 1 N–H and O–H groups in total. The molecule has 0 aliphatic rings. The molecule has 271 valence electrons. The van der Waals surface area contributed by atoms with Crippen LogP contribution >= 0.6 is 11.3 Å². The molecule has 4 nitrogen and oxygen atoms in total. The van der Waals surface area contributed by atoms with Gasteiger partial charge in [-0.3, -0.25) is 9.78 Å². The third kappa shape index (κ3) is 9.20. The van der Waals surface area contributed by atoms with E-state index in [0.717, 1.165) is 53.6 Å². The van der Waals surface area contributed by atoms with E-state index in [1.54, 1.807) is 6.33 Å². The molecule has 2 heterocycles. The summed E-state index contributed by atoms with van der Waals surface area (Å²) in [6.07, 6.45) is 7.53. The van der Waals surface area contributed by atoms with Gasteiger partial charge in [-0.05, 0) is 49.1 Å². The fraction of sp³-hybridized carbons (Fsp3) is 0.465. The van der Waals surface area contributed by atoms with Gasteiger partial charge in [-0.25, -0.2) is 4.98 Å². The fourth-order valence-corrected chi connectivity index (χ4v) is 9.02. The van der Waals surface area contributed by atoms with E-state index in [0.29, 0.717) is 0 Å². The number of thiophene rings is 1. The van der Waals surface area contributed by atoms with Crippen LogP contribution in [0.5, 0.6) is 0 Å². The van der Waals surface area contributed by atoms with Crippen molar-refractivity contribution in [2.45, 2.75) is 114 Å². The Kier molecular flexibility index (Phi) is 13.6. The number of carbonyl (C=O) groups excluding carboxylic acids is 1. The molecule has 0 aliphatic carbocycles. The summed E-state index contributed by atoms with van der Waals surface area (Å²) in [5, 5.41) is 15.3. The number of carbonyl (C=O) groups is 1. The Hall–Kier alpha value is -2.70. The summed E-state index contributed by atoms with van der Waals surface area (Å²) in [7, 11) is -1.55. The van der Waals surface area contributed by atoms with E-state index in [9.17, 15) is 9.90 Å². The number of fused-ring (bicyclic) bond motifs is 4. The number of ketones is 1. The number of hydrogen-bond acceptors (Lipinski definition) is 5. The normalized spacial score (nSPS) is 12.9. The van der Waals surface area contributed by atoms with Crippen LogP contribution in [0, 0.1) is 22.3 Å². The van der Waals surface area contributed by atoms with Gasteiger partial charge in [-0.2, -0.15) is 0 Å². The molecule has 2 aromatic heterocycles. The van der Waals surface area contributed by atoms with E-state index in [2.05, 4.69) is 100.0 Å². The van der Waals surface area contributed by atoms with Crippen molar-refractivity contribution in [3.8, 4) is 11.3 Å². The quantitative estimate of drug-likeness (QED) is 0.0657. The maximum atomic E-state index is 12.2. The number of aliphatic hydroxyl groups excluding tert-OH is 1. The fourth-order valence-electron chi connectivity index (χ4n) is 6.19. The second-order valence-electron chi connectivity index (χ2n) is 16.4. The van der Waals surface area contributed by atoms with Crippen LogP contribution in [0.25, 0.3) is 42.3 Å². The summed E-state index contributed by atoms with van der Waals surface area (Å²) < 4.78 is 2.44. The van der Waals surface area contributed by atoms with Gasteiger partial charge in [0.15, 0.2) is 5.78 Å². The van der Waals surface area contributed by atoms with Crippen molar-refractivity contribution < 1.29 is 30.0 Å². The van der Waals surface area contributed by atoms with Gasteiger partial charge >= 0.3 is 0 Å². The zero-order valence-corrected chi connectivity index (χ0v) is 36.5. The van der Waals surface area contributed by atoms with Gasteiger partial charge in [0.1, 0.15) is 12.1 Å². The second kappa shape index (κ2) is 16.3. The number of aliphatic hydroxyl groups is 1.